The van der Waals surface area contributed by atoms with E-state index in [0.29, 0.717) is 24.4 Å². The Bertz CT molecular complexity index is 1160. The molecule has 7 heteroatoms. The number of rotatable bonds is 7. The van der Waals surface area contributed by atoms with E-state index in [-0.39, 0.29) is 18.3 Å². The third kappa shape index (κ3) is 5.43. The van der Waals surface area contributed by atoms with Crippen molar-refractivity contribution in [2.75, 3.05) is 23.4 Å². The van der Waals surface area contributed by atoms with E-state index in [1.807, 2.05) is 54.6 Å². The van der Waals surface area contributed by atoms with Gasteiger partial charge >= 0.3 is 12.0 Å². The maximum Gasteiger partial charge on any atom is 0.320 e. The van der Waals surface area contributed by atoms with E-state index in [1.165, 1.54) is 0 Å². The lowest BCUT2D eigenvalue weighted by atomic mass is 10.1. The van der Waals surface area contributed by atoms with Crippen LogP contribution in [0.15, 0.2) is 78.9 Å². The highest BCUT2D eigenvalue weighted by atomic mass is 16.5. The monoisotopic (exact) mass is 457 g/mol. The van der Waals surface area contributed by atoms with Crippen LogP contribution in [-0.2, 0) is 27.2 Å². The second kappa shape index (κ2) is 10.7. The minimum atomic E-state index is -0.838. The number of anilines is 2. The van der Waals surface area contributed by atoms with E-state index in [4.69, 9.17) is 4.74 Å². The average Bonchev–Trinajstić information content (AvgIpc) is 3.28. The number of nitrogens with one attached hydrogen (secondary N) is 2. The molecule has 0 saturated carbocycles. The molecule has 4 rings (SSSR count). The van der Waals surface area contributed by atoms with Crippen molar-refractivity contribution in [2.24, 2.45) is 0 Å². The van der Waals surface area contributed by atoms with Crippen LogP contribution in [-0.4, -0.2) is 31.1 Å². The molecule has 0 spiro atoms. The second-order valence-electron chi connectivity index (χ2n) is 7.99. The lowest BCUT2D eigenvalue weighted by Gasteiger charge is -2.25. The van der Waals surface area contributed by atoms with Crippen LogP contribution in [0, 0.1) is 0 Å². The van der Waals surface area contributed by atoms with E-state index in [9.17, 15) is 14.4 Å². The van der Waals surface area contributed by atoms with Gasteiger partial charge in [0.2, 0.25) is 0 Å². The van der Waals surface area contributed by atoms with Crippen molar-refractivity contribution in [3.63, 3.8) is 0 Å². The minimum Gasteiger partial charge on any atom is -0.466 e. The van der Waals surface area contributed by atoms with Crippen LogP contribution >= 0.6 is 0 Å². The first kappa shape index (κ1) is 23.0. The SMILES string of the molecule is CCOC(=O)Cc1ccc(NC(=O)N[C@H](C(=O)N2CCc3ccccc32)c2ccccc2)cc1. The number of urea groups is 1. The maximum absolute atomic E-state index is 13.5. The molecule has 0 aromatic heterocycles. The Morgan fingerprint density at radius 1 is 0.941 bits per heavy atom. The van der Waals surface area contributed by atoms with Gasteiger partial charge in [-0.3, -0.25) is 9.59 Å². The van der Waals surface area contributed by atoms with Gasteiger partial charge in [0.1, 0.15) is 6.04 Å². The Labute approximate surface area is 198 Å². The van der Waals surface area contributed by atoms with Crippen molar-refractivity contribution in [3.8, 4) is 0 Å². The van der Waals surface area contributed by atoms with Crippen LogP contribution in [0.5, 0.6) is 0 Å². The van der Waals surface area contributed by atoms with E-state index < -0.39 is 12.1 Å². The largest absolute Gasteiger partial charge is 0.466 e. The number of carbonyl (C=O) groups is 3. The molecular formula is C27H27N3O4. The molecule has 2 N–H and O–H groups in total. The van der Waals surface area contributed by atoms with E-state index in [0.717, 1.165) is 23.2 Å². The number of esters is 1. The smallest absolute Gasteiger partial charge is 0.320 e. The summed E-state index contributed by atoms with van der Waals surface area (Å²) in [5.74, 6) is -0.482. The van der Waals surface area contributed by atoms with Gasteiger partial charge in [0.25, 0.3) is 5.91 Å². The molecule has 0 radical (unpaired) electrons. The molecule has 174 valence electrons. The van der Waals surface area contributed by atoms with Gasteiger partial charge in [-0.2, -0.15) is 0 Å². The summed E-state index contributed by atoms with van der Waals surface area (Å²) in [7, 11) is 0. The summed E-state index contributed by atoms with van der Waals surface area (Å²) in [4.78, 5) is 39.8. The number of carbonyl (C=O) groups excluding carboxylic acids is 3. The summed E-state index contributed by atoms with van der Waals surface area (Å²) < 4.78 is 4.96. The van der Waals surface area contributed by atoms with Crippen LogP contribution in [0.1, 0.15) is 29.7 Å². The topological polar surface area (TPSA) is 87.7 Å². The van der Waals surface area contributed by atoms with E-state index in [1.54, 1.807) is 36.1 Å². The fraction of sp³-hybridized carbons (Fsp3) is 0.222. The molecule has 0 aliphatic carbocycles. The maximum atomic E-state index is 13.5. The number of hydrogen-bond donors (Lipinski definition) is 2. The Morgan fingerprint density at radius 2 is 1.65 bits per heavy atom. The summed E-state index contributed by atoms with van der Waals surface area (Å²) in [5.41, 5.74) is 4.05. The van der Waals surface area contributed by atoms with Crippen molar-refractivity contribution in [1.82, 2.24) is 5.32 Å². The van der Waals surface area contributed by atoms with Gasteiger partial charge in [-0.05, 0) is 48.2 Å². The molecule has 0 fully saturated rings. The van der Waals surface area contributed by atoms with Crippen molar-refractivity contribution in [3.05, 3.63) is 95.6 Å². The standard InChI is InChI=1S/C27H27N3O4/c1-2-34-24(31)18-19-12-14-22(15-13-19)28-27(33)29-25(21-9-4-3-5-10-21)26(32)30-17-16-20-8-6-7-11-23(20)30/h3-15,25H,2,16-18H2,1H3,(H2,28,29,33)/t25-/m0/s1. The van der Waals surface area contributed by atoms with Crippen LogP contribution in [0.4, 0.5) is 16.2 Å². The third-order valence-corrected chi connectivity index (χ3v) is 5.67. The molecule has 34 heavy (non-hydrogen) atoms. The lowest BCUT2D eigenvalue weighted by molar-refractivity contribution is -0.142. The van der Waals surface area contributed by atoms with Crippen LogP contribution in [0.25, 0.3) is 0 Å². The molecular weight excluding hydrogens is 430 g/mol. The predicted molar refractivity (Wildman–Crippen MR) is 131 cm³/mol. The number of amides is 3. The zero-order chi connectivity index (χ0) is 23.9. The highest BCUT2D eigenvalue weighted by Gasteiger charge is 2.32. The Morgan fingerprint density at radius 3 is 2.38 bits per heavy atom. The molecule has 0 bridgehead atoms. The number of ether oxygens (including phenoxy) is 1. The average molecular weight is 458 g/mol. The summed E-state index contributed by atoms with van der Waals surface area (Å²) >= 11 is 0. The quantitative estimate of drug-likeness (QED) is 0.520. The van der Waals surface area contributed by atoms with E-state index >= 15 is 0 Å². The van der Waals surface area contributed by atoms with Crippen LogP contribution < -0.4 is 15.5 Å². The summed E-state index contributed by atoms with van der Waals surface area (Å²) in [6.45, 7) is 2.68. The molecule has 1 heterocycles. The zero-order valence-corrected chi connectivity index (χ0v) is 19.0. The molecule has 3 aromatic carbocycles. The molecule has 1 aliphatic heterocycles. The molecule has 0 saturated heterocycles. The first-order valence-electron chi connectivity index (χ1n) is 11.3. The van der Waals surface area contributed by atoms with Crippen molar-refractivity contribution >= 4 is 29.3 Å². The normalized spacial score (nSPS) is 13.0. The highest BCUT2D eigenvalue weighted by molar-refractivity contribution is 6.02. The Balaban J connectivity index is 1.46. The summed E-state index contributed by atoms with van der Waals surface area (Å²) in [6.07, 6.45) is 0.954. The lowest BCUT2D eigenvalue weighted by Crippen LogP contribution is -2.43. The third-order valence-electron chi connectivity index (χ3n) is 5.67. The number of hydrogen-bond acceptors (Lipinski definition) is 4. The fourth-order valence-corrected chi connectivity index (χ4v) is 4.04. The fourth-order valence-electron chi connectivity index (χ4n) is 4.04. The van der Waals surface area contributed by atoms with Gasteiger partial charge in [-0.1, -0.05) is 60.7 Å². The van der Waals surface area contributed by atoms with Crippen molar-refractivity contribution in [1.29, 1.82) is 0 Å². The number of fused-ring (bicyclic) bond motifs is 1. The van der Waals surface area contributed by atoms with Crippen LogP contribution in [0.3, 0.4) is 0 Å². The Kier molecular flexibility index (Phi) is 7.22. The molecule has 3 aromatic rings. The second-order valence-corrected chi connectivity index (χ2v) is 7.99. The Hall–Kier alpha value is -4.13. The first-order valence-corrected chi connectivity index (χ1v) is 11.3. The van der Waals surface area contributed by atoms with Gasteiger partial charge in [0.05, 0.1) is 13.0 Å². The molecule has 1 aliphatic rings. The zero-order valence-electron chi connectivity index (χ0n) is 19.0. The van der Waals surface area contributed by atoms with Crippen molar-refractivity contribution < 1.29 is 19.1 Å². The van der Waals surface area contributed by atoms with Crippen molar-refractivity contribution in [2.45, 2.75) is 25.8 Å². The van der Waals surface area contributed by atoms with Gasteiger partial charge in [-0.25, -0.2) is 4.79 Å². The van der Waals surface area contributed by atoms with Gasteiger partial charge in [-0.15, -0.1) is 0 Å². The van der Waals surface area contributed by atoms with E-state index in [2.05, 4.69) is 10.6 Å². The summed E-state index contributed by atoms with van der Waals surface area (Å²) in [6, 6.07) is 22.6. The molecule has 7 nitrogen and oxygen atoms in total. The predicted octanol–water partition coefficient (Wildman–Crippen LogP) is 4.24. The highest BCUT2D eigenvalue weighted by Crippen LogP contribution is 2.30. The van der Waals surface area contributed by atoms with Gasteiger partial charge < -0.3 is 20.3 Å². The van der Waals surface area contributed by atoms with Gasteiger partial charge in [0, 0.05) is 17.9 Å². The molecule has 1 atom stereocenters. The number of benzene rings is 3. The number of para-hydroxylation sites is 1. The van der Waals surface area contributed by atoms with Gasteiger partial charge in [0.15, 0.2) is 0 Å². The summed E-state index contributed by atoms with van der Waals surface area (Å²) in [5, 5.41) is 5.61. The first-order chi connectivity index (χ1) is 16.5. The minimum absolute atomic E-state index is 0.169. The van der Waals surface area contributed by atoms with Crippen LogP contribution in [0.2, 0.25) is 0 Å². The molecule has 0 unspecified atom stereocenters. The molecule has 3 amide bonds. The number of nitrogens with zero attached hydrogens (tertiary/aromatic N) is 1.